The molecular formula is C21H44N2O7. The van der Waals surface area contributed by atoms with Crippen LogP contribution in [0.15, 0.2) is 0 Å². The smallest absolute Gasteiger partial charge is 0.407 e. The van der Waals surface area contributed by atoms with Gasteiger partial charge in [-0.3, -0.25) is 0 Å². The van der Waals surface area contributed by atoms with E-state index in [1.807, 2.05) is 20.8 Å². The fourth-order valence-electron chi connectivity index (χ4n) is 2.05. The number of ether oxygens (including phenoxy) is 6. The van der Waals surface area contributed by atoms with Gasteiger partial charge >= 0.3 is 6.09 Å². The van der Waals surface area contributed by atoms with E-state index in [0.29, 0.717) is 72.0 Å². The average Bonchev–Trinajstić information content (AvgIpc) is 2.64. The third kappa shape index (κ3) is 25.1. The first-order chi connectivity index (χ1) is 14.3. The molecule has 0 bridgehead atoms. The summed E-state index contributed by atoms with van der Waals surface area (Å²) in [6.45, 7) is 17.3. The van der Waals surface area contributed by atoms with E-state index in [0.717, 1.165) is 13.1 Å². The summed E-state index contributed by atoms with van der Waals surface area (Å²) in [5.41, 5.74) is -0.307. The lowest BCUT2D eigenvalue weighted by atomic mass is 10.1. The highest BCUT2D eigenvalue weighted by Crippen LogP contribution is 1.98. The minimum absolute atomic E-state index is 0.213. The lowest BCUT2D eigenvalue weighted by Crippen LogP contribution is -2.41. The quantitative estimate of drug-likeness (QED) is 0.279. The second-order valence-electron chi connectivity index (χ2n) is 8.17. The largest absolute Gasteiger partial charge is 0.447 e. The van der Waals surface area contributed by atoms with Crippen molar-refractivity contribution in [1.29, 1.82) is 0 Å². The Bertz CT molecular complexity index is 390. The molecule has 0 saturated carbocycles. The Balaban J connectivity index is 3.12. The predicted octanol–water partition coefficient (Wildman–Crippen LogP) is 1.84. The molecule has 0 aromatic heterocycles. The second-order valence-corrected chi connectivity index (χ2v) is 8.17. The van der Waals surface area contributed by atoms with Crippen LogP contribution < -0.4 is 10.6 Å². The van der Waals surface area contributed by atoms with Gasteiger partial charge in [0.2, 0.25) is 0 Å². The van der Waals surface area contributed by atoms with Gasteiger partial charge in [-0.2, -0.15) is 0 Å². The van der Waals surface area contributed by atoms with Crippen molar-refractivity contribution >= 4 is 6.09 Å². The molecule has 0 rings (SSSR count). The van der Waals surface area contributed by atoms with Crippen molar-refractivity contribution in [3.05, 3.63) is 0 Å². The van der Waals surface area contributed by atoms with Crippen LogP contribution in [0.4, 0.5) is 4.79 Å². The van der Waals surface area contributed by atoms with E-state index in [1.54, 1.807) is 0 Å². The molecule has 0 saturated heterocycles. The van der Waals surface area contributed by atoms with Gasteiger partial charge in [0.15, 0.2) is 0 Å². The van der Waals surface area contributed by atoms with E-state index in [2.05, 4.69) is 24.5 Å². The van der Waals surface area contributed by atoms with Gasteiger partial charge in [-0.15, -0.1) is 0 Å². The normalized spacial score (nSPS) is 11.8. The van der Waals surface area contributed by atoms with Crippen molar-refractivity contribution < 1.29 is 33.2 Å². The van der Waals surface area contributed by atoms with Crippen LogP contribution in [-0.2, 0) is 28.4 Å². The van der Waals surface area contributed by atoms with Gasteiger partial charge in [-0.25, -0.2) is 4.79 Å². The van der Waals surface area contributed by atoms with Gasteiger partial charge in [-0.05, 0) is 33.2 Å². The van der Waals surface area contributed by atoms with Crippen LogP contribution in [0.3, 0.4) is 0 Å². The Kier molecular flexibility index (Phi) is 19.3. The van der Waals surface area contributed by atoms with E-state index in [-0.39, 0.29) is 12.1 Å². The highest BCUT2D eigenvalue weighted by atomic mass is 16.6. The van der Waals surface area contributed by atoms with Crippen molar-refractivity contribution in [3.8, 4) is 0 Å². The molecule has 9 heteroatoms. The molecule has 0 aliphatic rings. The number of carbonyl (C=O) groups is 1. The molecular weight excluding hydrogens is 392 g/mol. The highest BCUT2D eigenvalue weighted by molar-refractivity contribution is 5.67. The fourth-order valence-corrected chi connectivity index (χ4v) is 2.05. The molecule has 0 aromatic rings. The van der Waals surface area contributed by atoms with Crippen LogP contribution in [0.5, 0.6) is 0 Å². The number of amides is 1. The Morgan fingerprint density at radius 3 is 1.50 bits per heavy atom. The fraction of sp³-hybridized carbons (Fsp3) is 0.952. The Morgan fingerprint density at radius 2 is 1.10 bits per heavy atom. The Hall–Kier alpha value is -0.970. The molecule has 0 unspecified atom stereocenters. The minimum Gasteiger partial charge on any atom is -0.447 e. The van der Waals surface area contributed by atoms with Crippen molar-refractivity contribution in [2.24, 2.45) is 5.92 Å². The maximum atomic E-state index is 11.4. The topological polar surface area (TPSA) is 96.5 Å². The van der Waals surface area contributed by atoms with Crippen LogP contribution in [0.1, 0.15) is 34.6 Å². The molecule has 0 radical (unpaired) electrons. The standard InChI is InChI=1S/C21H44N2O7/c1-19(2)18-22-6-7-25-8-9-26-10-11-27-12-13-28-14-15-29-16-17-30-20(24)23-21(3,4)5/h19,22H,6-18H2,1-5H3,(H,23,24). The molecule has 9 nitrogen and oxygen atoms in total. The highest BCUT2D eigenvalue weighted by Gasteiger charge is 2.14. The molecule has 0 aliphatic heterocycles. The van der Waals surface area contributed by atoms with Gasteiger partial charge in [-0.1, -0.05) is 13.8 Å². The summed E-state index contributed by atoms with van der Waals surface area (Å²) in [6.07, 6.45) is -0.439. The van der Waals surface area contributed by atoms with Crippen LogP contribution in [0.25, 0.3) is 0 Å². The van der Waals surface area contributed by atoms with Crippen molar-refractivity contribution in [3.63, 3.8) is 0 Å². The Labute approximate surface area is 182 Å². The summed E-state index contributed by atoms with van der Waals surface area (Å²) in [7, 11) is 0. The van der Waals surface area contributed by atoms with Gasteiger partial charge in [0, 0.05) is 12.1 Å². The summed E-state index contributed by atoms with van der Waals surface area (Å²) in [6, 6.07) is 0. The molecule has 0 heterocycles. The maximum absolute atomic E-state index is 11.4. The van der Waals surface area contributed by atoms with Crippen LogP contribution in [0.2, 0.25) is 0 Å². The molecule has 0 aromatic carbocycles. The number of hydrogen-bond donors (Lipinski definition) is 2. The number of alkyl carbamates (subject to hydrolysis) is 1. The monoisotopic (exact) mass is 436 g/mol. The van der Waals surface area contributed by atoms with Crippen molar-refractivity contribution in [1.82, 2.24) is 10.6 Å². The zero-order valence-corrected chi connectivity index (χ0v) is 19.6. The first-order valence-corrected chi connectivity index (χ1v) is 10.9. The summed E-state index contributed by atoms with van der Waals surface area (Å²) in [4.78, 5) is 11.4. The number of nitrogens with one attached hydrogen (secondary N) is 2. The third-order valence-corrected chi connectivity index (χ3v) is 3.40. The van der Waals surface area contributed by atoms with E-state index < -0.39 is 6.09 Å². The zero-order valence-electron chi connectivity index (χ0n) is 19.6. The first kappa shape index (κ1) is 29.0. The molecule has 0 spiro atoms. The summed E-state index contributed by atoms with van der Waals surface area (Å²) in [5, 5.41) is 6.03. The van der Waals surface area contributed by atoms with Crippen LogP contribution >= 0.6 is 0 Å². The van der Waals surface area contributed by atoms with Crippen LogP contribution in [-0.4, -0.2) is 97.4 Å². The number of rotatable bonds is 20. The molecule has 0 atom stereocenters. The predicted molar refractivity (Wildman–Crippen MR) is 116 cm³/mol. The number of hydrogen-bond acceptors (Lipinski definition) is 8. The molecule has 0 aliphatic carbocycles. The van der Waals surface area contributed by atoms with Gasteiger partial charge in [0.1, 0.15) is 6.61 Å². The van der Waals surface area contributed by atoms with Gasteiger partial charge < -0.3 is 39.1 Å². The molecule has 1 amide bonds. The molecule has 180 valence electrons. The van der Waals surface area contributed by atoms with E-state index in [9.17, 15) is 4.79 Å². The van der Waals surface area contributed by atoms with Gasteiger partial charge in [0.05, 0.1) is 66.1 Å². The summed E-state index contributed by atoms with van der Waals surface area (Å²) in [5.74, 6) is 0.659. The second kappa shape index (κ2) is 20.0. The maximum Gasteiger partial charge on any atom is 0.407 e. The number of carbonyl (C=O) groups excluding carboxylic acids is 1. The SMILES string of the molecule is CC(C)CNCCOCCOCCOCCOCCOCCOC(=O)NC(C)(C)C. The van der Waals surface area contributed by atoms with E-state index >= 15 is 0 Å². The molecule has 2 N–H and O–H groups in total. The zero-order chi connectivity index (χ0) is 22.5. The Morgan fingerprint density at radius 1 is 0.700 bits per heavy atom. The molecule has 0 fully saturated rings. The van der Waals surface area contributed by atoms with Gasteiger partial charge in [0.25, 0.3) is 0 Å². The van der Waals surface area contributed by atoms with Crippen LogP contribution in [0, 0.1) is 5.92 Å². The lowest BCUT2D eigenvalue weighted by Gasteiger charge is -2.19. The van der Waals surface area contributed by atoms with E-state index in [1.165, 1.54) is 0 Å². The lowest BCUT2D eigenvalue weighted by molar-refractivity contribution is -0.0137. The average molecular weight is 437 g/mol. The third-order valence-electron chi connectivity index (χ3n) is 3.40. The molecule has 30 heavy (non-hydrogen) atoms. The summed E-state index contributed by atoms with van der Waals surface area (Å²) >= 11 is 0. The summed E-state index contributed by atoms with van der Waals surface area (Å²) < 4.78 is 32.0. The van der Waals surface area contributed by atoms with E-state index in [4.69, 9.17) is 28.4 Å². The van der Waals surface area contributed by atoms with Crippen molar-refractivity contribution in [2.45, 2.75) is 40.2 Å². The first-order valence-electron chi connectivity index (χ1n) is 10.9. The van der Waals surface area contributed by atoms with Crippen molar-refractivity contribution in [2.75, 3.05) is 85.8 Å². The minimum atomic E-state index is -0.439.